The van der Waals surface area contributed by atoms with Crippen molar-refractivity contribution < 1.29 is 26.8 Å². The van der Waals surface area contributed by atoms with Crippen molar-refractivity contribution in [2.75, 3.05) is 6.61 Å². The predicted molar refractivity (Wildman–Crippen MR) is 188 cm³/mol. The minimum absolute atomic E-state index is 0.310. The van der Waals surface area contributed by atoms with Crippen LogP contribution in [0.15, 0.2) is 11.6 Å². The van der Waals surface area contributed by atoms with Crippen LogP contribution in [0.5, 0.6) is 0 Å². The summed E-state index contributed by atoms with van der Waals surface area (Å²) in [5.41, 5.74) is 0. The molecule has 10 heteroatoms. The molecule has 1 aliphatic rings. The van der Waals surface area contributed by atoms with Gasteiger partial charge in [-0.15, -0.1) is 0 Å². The first-order valence-electron chi connectivity index (χ1n) is 17.6. The van der Waals surface area contributed by atoms with Crippen LogP contribution >= 0.6 is 0 Å². The first-order chi connectivity index (χ1) is 19.9. The lowest BCUT2D eigenvalue weighted by Crippen LogP contribution is -2.64. The molecule has 0 radical (unpaired) electrons. The van der Waals surface area contributed by atoms with E-state index in [2.05, 4.69) is 83.1 Å². The van der Waals surface area contributed by atoms with Crippen LogP contribution in [0.4, 0.5) is 4.39 Å². The molecule has 5 nitrogen and oxygen atoms in total. The number of hydrogen-bond donors (Lipinski definition) is 0. The van der Waals surface area contributed by atoms with Crippen LogP contribution in [-0.2, 0) is 22.4 Å². The van der Waals surface area contributed by atoms with E-state index in [9.17, 15) is 0 Å². The second-order valence-electron chi connectivity index (χ2n) is 12.5. The van der Waals surface area contributed by atoms with Gasteiger partial charge in [0, 0.05) is 0 Å². The highest BCUT2D eigenvalue weighted by Gasteiger charge is 2.54. The Balaban J connectivity index is 3.95. The smallest absolute Gasteiger partial charge is 0.193 e. The number of rotatable bonds is 21. The molecule has 0 unspecified atom stereocenters. The van der Waals surface area contributed by atoms with E-state index in [4.69, 9.17) is 22.4 Å². The van der Waals surface area contributed by atoms with Crippen molar-refractivity contribution in [3.63, 3.8) is 0 Å². The highest BCUT2D eigenvalue weighted by molar-refractivity contribution is 6.75. The van der Waals surface area contributed by atoms with Gasteiger partial charge in [0.1, 0.15) is 30.2 Å². The molecule has 42 heavy (non-hydrogen) atoms. The second kappa shape index (κ2) is 18.4. The zero-order chi connectivity index (χ0) is 32.2. The molecule has 1 saturated heterocycles. The highest BCUT2D eigenvalue weighted by Crippen LogP contribution is 2.41. The number of allylic oxidation sites excluding steroid dienone is 1. The van der Waals surface area contributed by atoms with Crippen LogP contribution < -0.4 is 0 Å². The van der Waals surface area contributed by atoms with Crippen LogP contribution in [0.2, 0.25) is 72.5 Å². The van der Waals surface area contributed by atoms with Crippen LogP contribution in [0, 0.1) is 0 Å². The molecule has 0 saturated carbocycles. The summed E-state index contributed by atoms with van der Waals surface area (Å²) < 4.78 is 51.3. The predicted octanol–water partition coefficient (Wildman–Crippen LogP) is 10.8. The van der Waals surface area contributed by atoms with Crippen LogP contribution in [0.1, 0.15) is 90.0 Å². The fourth-order valence-electron chi connectivity index (χ4n) is 6.79. The third-order valence-corrected chi connectivity index (χ3v) is 29.8. The molecule has 0 bridgehead atoms. The lowest BCUT2D eigenvalue weighted by molar-refractivity contribution is -0.150. The molecule has 1 rings (SSSR count). The van der Waals surface area contributed by atoms with E-state index in [0.29, 0.717) is 12.4 Å². The molecular weight excluding hydrogens is 596 g/mol. The first kappa shape index (κ1) is 40.2. The van der Waals surface area contributed by atoms with E-state index in [1.54, 1.807) is 0 Å². The SMILES string of the molecule is CC[Si](CC)(CC)OC[C@H]1O/C(=C(\C)F)[C@H](O[Si](CC)(CC)CC)[C@@H](O[Si](CC)(CC)CC)[C@@H]1O[Si](CC)(CC)CC. The molecule has 1 fully saturated rings. The van der Waals surface area contributed by atoms with Gasteiger partial charge in [-0.25, -0.2) is 4.39 Å². The Bertz CT molecular complexity index is 761. The van der Waals surface area contributed by atoms with Gasteiger partial charge in [-0.05, 0) is 79.5 Å². The normalized spacial score (nSPS) is 23.7. The third kappa shape index (κ3) is 9.36. The summed E-state index contributed by atoms with van der Waals surface area (Å²) in [7, 11) is -8.31. The Labute approximate surface area is 264 Å². The molecule has 0 spiro atoms. The molecule has 0 aromatic carbocycles. The van der Waals surface area contributed by atoms with Gasteiger partial charge in [0.05, 0.1) is 6.61 Å². The molecule has 1 heterocycles. The molecule has 0 aromatic heterocycles. The van der Waals surface area contributed by atoms with Crippen molar-refractivity contribution in [1.82, 2.24) is 0 Å². The lowest BCUT2D eigenvalue weighted by atomic mass is 9.98. The molecular formula is C32H69FO5Si4. The van der Waals surface area contributed by atoms with E-state index in [0.717, 1.165) is 72.5 Å². The molecule has 0 aliphatic carbocycles. The lowest BCUT2D eigenvalue weighted by Gasteiger charge is -2.51. The highest BCUT2D eigenvalue weighted by atomic mass is 28.4. The van der Waals surface area contributed by atoms with Gasteiger partial charge in [0.15, 0.2) is 39.0 Å². The second-order valence-corrected chi connectivity index (χ2v) is 31.5. The van der Waals surface area contributed by atoms with Gasteiger partial charge in [0.25, 0.3) is 0 Å². The Kier molecular flexibility index (Phi) is 17.6. The summed E-state index contributed by atoms with van der Waals surface area (Å²) >= 11 is 0. The van der Waals surface area contributed by atoms with Gasteiger partial charge < -0.3 is 22.4 Å². The van der Waals surface area contributed by atoms with Gasteiger partial charge in [-0.2, -0.15) is 0 Å². The van der Waals surface area contributed by atoms with Crippen molar-refractivity contribution in [1.29, 1.82) is 0 Å². The Morgan fingerprint density at radius 1 is 0.548 bits per heavy atom. The summed E-state index contributed by atoms with van der Waals surface area (Å²) in [6.07, 6.45) is -1.78. The maximum absolute atomic E-state index is 15.7. The first-order valence-corrected chi connectivity index (χ1v) is 27.7. The summed E-state index contributed by atoms with van der Waals surface area (Å²) in [6, 6.07) is 12.2. The fourth-order valence-corrected chi connectivity index (χ4v) is 17.9. The van der Waals surface area contributed by atoms with E-state index < -0.39 is 51.6 Å². The van der Waals surface area contributed by atoms with Crippen molar-refractivity contribution in [2.24, 2.45) is 0 Å². The molecule has 0 aromatic rings. The van der Waals surface area contributed by atoms with Crippen molar-refractivity contribution >= 4 is 33.3 Å². The Morgan fingerprint density at radius 3 is 1.21 bits per heavy atom. The van der Waals surface area contributed by atoms with E-state index >= 15 is 4.39 Å². The molecule has 0 N–H and O–H groups in total. The zero-order valence-corrected chi connectivity index (χ0v) is 33.9. The van der Waals surface area contributed by atoms with Crippen molar-refractivity contribution in [3.8, 4) is 0 Å². The Hall–Kier alpha value is 0.178. The van der Waals surface area contributed by atoms with Gasteiger partial charge >= 0.3 is 0 Å². The molecule has 250 valence electrons. The fraction of sp³-hybridized carbons (Fsp3) is 0.938. The largest absolute Gasteiger partial charge is 0.484 e. The van der Waals surface area contributed by atoms with Gasteiger partial charge in [-0.3, -0.25) is 0 Å². The average molecular weight is 665 g/mol. The molecule has 4 atom stereocenters. The minimum atomic E-state index is -2.16. The summed E-state index contributed by atoms with van der Waals surface area (Å²) in [4.78, 5) is 0. The van der Waals surface area contributed by atoms with Crippen molar-refractivity contribution in [3.05, 3.63) is 11.6 Å². The zero-order valence-electron chi connectivity index (χ0n) is 29.9. The maximum atomic E-state index is 15.7. The summed E-state index contributed by atoms with van der Waals surface area (Å²) in [5, 5.41) is 0. The topological polar surface area (TPSA) is 46.2 Å². The van der Waals surface area contributed by atoms with E-state index in [-0.39, 0.29) is 11.9 Å². The standard InChI is InChI=1S/C32H69FO5Si4/c1-14-39(15-2,16-3)34-26-28-30(36-40(17-4,18-5)19-6)32(38-42(23-10,24-11)25-12)31(29(35-28)27(13)33)37-41(20-7,21-8)22-9/h28,30-32H,14-26H2,1-13H3/b29-27+/t28-,30-,31+,32+/m1/s1. The monoisotopic (exact) mass is 664 g/mol. The van der Waals surface area contributed by atoms with Crippen LogP contribution in [-0.4, -0.2) is 64.3 Å². The molecule has 1 aliphatic heterocycles. The van der Waals surface area contributed by atoms with Crippen molar-refractivity contribution in [2.45, 2.75) is 187 Å². The van der Waals surface area contributed by atoms with Crippen LogP contribution in [0.3, 0.4) is 0 Å². The minimum Gasteiger partial charge on any atom is -0.484 e. The maximum Gasteiger partial charge on any atom is 0.193 e. The van der Waals surface area contributed by atoms with Crippen LogP contribution in [0.25, 0.3) is 0 Å². The average Bonchev–Trinajstić information content (AvgIpc) is 3.03. The van der Waals surface area contributed by atoms with Gasteiger partial charge in [0.2, 0.25) is 0 Å². The van der Waals surface area contributed by atoms with E-state index in [1.807, 2.05) is 0 Å². The quantitative estimate of drug-likeness (QED) is 0.114. The summed E-state index contributed by atoms with van der Waals surface area (Å²) in [6.45, 7) is 29.0. The van der Waals surface area contributed by atoms with Gasteiger partial charge in [-0.1, -0.05) is 83.1 Å². The summed E-state index contributed by atoms with van der Waals surface area (Å²) in [5.74, 6) is 0.00963. The number of ether oxygens (including phenoxy) is 1. The van der Waals surface area contributed by atoms with E-state index in [1.165, 1.54) is 6.92 Å². The Morgan fingerprint density at radius 2 is 0.881 bits per heavy atom. The number of halogens is 1. The third-order valence-electron chi connectivity index (χ3n) is 11.3. The number of hydrogen-bond acceptors (Lipinski definition) is 5. The molecule has 0 amide bonds.